The van der Waals surface area contributed by atoms with E-state index >= 15 is 0 Å². The summed E-state index contributed by atoms with van der Waals surface area (Å²) in [5, 5.41) is 11.5. The molecule has 7 nitrogen and oxygen atoms in total. The van der Waals surface area contributed by atoms with Gasteiger partial charge in [-0.15, -0.1) is 16.8 Å². The molecule has 2 aliphatic rings. The topological polar surface area (TPSA) is 80.8 Å². The normalized spacial score (nSPS) is 20.3. The molecule has 1 fully saturated rings. The van der Waals surface area contributed by atoms with E-state index in [4.69, 9.17) is 9.25 Å². The van der Waals surface area contributed by atoms with Crippen molar-refractivity contribution in [3.8, 4) is 0 Å². The highest BCUT2D eigenvalue weighted by atomic mass is 16.6. The zero-order valence-electron chi connectivity index (χ0n) is 18.2. The Morgan fingerprint density at radius 3 is 3.03 bits per heavy atom. The summed E-state index contributed by atoms with van der Waals surface area (Å²) in [7, 11) is 3.54. The Balaban J connectivity index is 0.000000224. The molecule has 0 aromatic carbocycles. The number of hydrogen-bond donors (Lipinski definition) is 0. The maximum atomic E-state index is 10.8. The molecular weight excluding hydrogens is 392 g/mol. The zero-order valence-corrected chi connectivity index (χ0v) is 18.2. The van der Waals surface area contributed by atoms with Crippen molar-refractivity contribution in [1.29, 1.82) is 0 Å². The van der Waals surface area contributed by atoms with E-state index in [1.165, 1.54) is 12.0 Å². The second-order valence-corrected chi connectivity index (χ2v) is 7.01. The van der Waals surface area contributed by atoms with Gasteiger partial charge in [-0.25, -0.2) is 0 Å². The maximum Gasteiger partial charge on any atom is 0.233 e. The lowest BCUT2D eigenvalue weighted by Gasteiger charge is -2.13. The minimum Gasteiger partial charge on any atom is -0.426 e. The van der Waals surface area contributed by atoms with E-state index in [0.29, 0.717) is 11.5 Å². The van der Waals surface area contributed by atoms with Gasteiger partial charge in [0.05, 0.1) is 11.8 Å². The largest absolute Gasteiger partial charge is 0.426 e. The molecule has 1 atom stereocenters. The average molecular weight is 423 g/mol. The molecule has 1 saturated heterocycles. The minimum absolute atomic E-state index is 0.131. The van der Waals surface area contributed by atoms with Gasteiger partial charge in [-0.3, -0.25) is 9.69 Å². The molecule has 3 rings (SSSR count). The molecule has 1 aliphatic carbocycles. The lowest BCUT2D eigenvalue weighted by molar-refractivity contribution is -0.104. The summed E-state index contributed by atoms with van der Waals surface area (Å²) in [6.07, 6.45) is 23.6. The number of carbonyl (C=O) groups excluding carboxylic acids is 1. The molecule has 2 heterocycles. The highest BCUT2D eigenvalue weighted by Crippen LogP contribution is 2.27. The van der Waals surface area contributed by atoms with Crippen molar-refractivity contribution in [2.75, 3.05) is 20.7 Å². The first-order valence-corrected chi connectivity index (χ1v) is 10.2. The van der Waals surface area contributed by atoms with Crippen LogP contribution in [0.4, 0.5) is 0 Å². The number of hydrogen-bond acceptors (Lipinski definition) is 7. The van der Waals surface area contributed by atoms with E-state index in [9.17, 15) is 4.79 Å². The number of nitrogens with zero attached hydrogens (tertiary/aromatic N) is 4. The van der Waals surface area contributed by atoms with Gasteiger partial charge in [0.1, 0.15) is 13.4 Å². The van der Waals surface area contributed by atoms with E-state index in [2.05, 4.69) is 57.2 Å². The number of aldehydes is 1. The number of oxime groups is 1. The van der Waals surface area contributed by atoms with Crippen LogP contribution < -0.4 is 0 Å². The number of allylic oxidation sites excluding steroid dienone is 11. The fourth-order valence-corrected chi connectivity index (χ4v) is 3.11. The van der Waals surface area contributed by atoms with Crippen molar-refractivity contribution in [2.24, 2.45) is 5.16 Å². The zero-order chi connectivity index (χ0) is 22.3. The summed E-state index contributed by atoms with van der Waals surface area (Å²) < 4.78 is 5.15. The first-order chi connectivity index (χ1) is 15.2. The predicted octanol–water partition coefficient (Wildman–Crippen LogP) is 4.53. The Morgan fingerprint density at radius 2 is 2.32 bits per heavy atom. The first-order valence-electron chi connectivity index (χ1n) is 10.2. The smallest absolute Gasteiger partial charge is 0.233 e. The molecule has 0 amide bonds. The van der Waals surface area contributed by atoms with Crippen molar-refractivity contribution < 1.29 is 14.0 Å². The van der Waals surface area contributed by atoms with Crippen molar-refractivity contribution in [2.45, 2.75) is 31.7 Å². The third-order valence-corrected chi connectivity index (χ3v) is 4.65. The third-order valence-electron chi connectivity index (χ3n) is 4.65. The Labute approximate surface area is 183 Å². The monoisotopic (exact) mass is 422 g/mol. The van der Waals surface area contributed by atoms with Gasteiger partial charge in [-0.05, 0) is 31.9 Å². The van der Waals surface area contributed by atoms with E-state index in [1.54, 1.807) is 13.2 Å². The SMILES string of the molecule is C=CC/C=C(C=O)\C=C/CC1=CC=CCC=C1.CON=C1CC(c2nnco2)N(C)C1. The van der Waals surface area contributed by atoms with Gasteiger partial charge in [0.25, 0.3) is 0 Å². The quantitative estimate of drug-likeness (QED) is 0.201. The molecule has 0 radical (unpaired) electrons. The molecular formula is C24H30N4O3. The molecule has 0 saturated carbocycles. The summed E-state index contributed by atoms with van der Waals surface area (Å²) in [6, 6.07) is 0.131. The average Bonchev–Trinajstić information content (AvgIpc) is 3.35. The van der Waals surface area contributed by atoms with Crippen molar-refractivity contribution in [3.63, 3.8) is 0 Å². The van der Waals surface area contributed by atoms with Gasteiger partial charge in [0.15, 0.2) is 0 Å². The lowest BCUT2D eigenvalue weighted by Crippen LogP contribution is -2.18. The molecule has 0 N–H and O–H groups in total. The summed E-state index contributed by atoms with van der Waals surface area (Å²) in [4.78, 5) is 17.6. The molecule has 1 aromatic rings. The first kappa shape index (κ1) is 24.0. The number of likely N-dealkylation sites (tertiary alicyclic amines) is 1. The van der Waals surface area contributed by atoms with Gasteiger partial charge < -0.3 is 9.25 Å². The van der Waals surface area contributed by atoms with Gasteiger partial charge >= 0.3 is 0 Å². The molecule has 0 bridgehead atoms. The number of rotatable bonds is 8. The Kier molecular flexibility index (Phi) is 10.7. The second-order valence-electron chi connectivity index (χ2n) is 7.01. The van der Waals surface area contributed by atoms with Crippen LogP contribution in [0.1, 0.15) is 37.6 Å². The van der Waals surface area contributed by atoms with Gasteiger partial charge in [0, 0.05) is 18.5 Å². The Bertz CT molecular complexity index is 877. The van der Waals surface area contributed by atoms with E-state index in [0.717, 1.165) is 44.2 Å². The molecule has 1 unspecified atom stereocenters. The van der Waals surface area contributed by atoms with Crippen LogP contribution in [0.25, 0.3) is 0 Å². The highest BCUT2D eigenvalue weighted by Gasteiger charge is 2.31. The van der Waals surface area contributed by atoms with E-state index in [1.807, 2.05) is 25.3 Å². The van der Waals surface area contributed by atoms with Crippen LogP contribution in [0.3, 0.4) is 0 Å². The molecule has 1 aliphatic heterocycles. The molecule has 7 heteroatoms. The standard InChI is InChI=1S/C16H18O.C8H12N4O2/c1-2-3-9-16(14-17)13-8-12-15-10-6-4-5-7-11-15;1-12-4-6(11-13-2)3-7(12)8-10-9-5-14-8/h2,4,6-11,13-14H,1,3,5,12H2;5,7H,3-4H2,1-2H3/b13-8-,16-9+;. The van der Waals surface area contributed by atoms with Crippen molar-refractivity contribution in [3.05, 3.63) is 84.7 Å². The van der Waals surface area contributed by atoms with Crippen molar-refractivity contribution >= 4 is 12.0 Å². The maximum absolute atomic E-state index is 10.8. The summed E-state index contributed by atoms with van der Waals surface area (Å²) in [6.45, 7) is 4.40. The van der Waals surface area contributed by atoms with Gasteiger partial charge in [-0.1, -0.05) is 59.8 Å². The van der Waals surface area contributed by atoms with Crippen LogP contribution in [-0.4, -0.2) is 47.8 Å². The highest BCUT2D eigenvalue weighted by molar-refractivity contribution is 5.88. The third kappa shape index (κ3) is 8.52. The van der Waals surface area contributed by atoms with Gasteiger partial charge in [-0.2, -0.15) is 0 Å². The second kappa shape index (κ2) is 13.8. The molecule has 31 heavy (non-hydrogen) atoms. The van der Waals surface area contributed by atoms with E-state index < -0.39 is 0 Å². The fraction of sp³-hybridized carbons (Fsp3) is 0.333. The Hall–Kier alpha value is -3.32. The minimum atomic E-state index is 0.131. The lowest BCUT2D eigenvalue weighted by atomic mass is 10.1. The molecule has 164 valence electrons. The van der Waals surface area contributed by atoms with Crippen LogP contribution in [0, 0.1) is 0 Å². The summed E-state index contributed by atoms with van der Waals surface area (Å²) >= 11 is 0. The summed E-state index contributed by atoms with van der Waals surface area (Å²) in [5.41, 5.74) is 2.96. The van der Waals surface area contributed by atoms with Crippen LogP contribution in [0.2, 0.25) is 0 Å². The van der Waals surface area contributed by atoms with Crippen molar-refractivity contribution in [1.82, 2.24) is 15.1 Å². The fourth-order valence-electron chi connectivity index (χ4n) is 3.11. The predicted molar refractivity (Wildman–Crippen MR) is 122 cm³/mol. The van der Waals surface area contributed by atoms with Crippen LogP contribution >= 0.6 is 0 Å². The number of aromatic nitrogens is 2. The number of carbonyl (C=O) groups is 1. The van der Waals surface area contributed by atoms with Crippen LogP contribution in [-0.2, 0) is 9.63 Å². The van der Waals surface area contributed by atoms with Crippen LogP contribution in [0.5, 0.6) is 0 Å². The summed E-state index contributed by atoms with van der Waals surface area (Å²) in [5.74, 6) is 0.633. The van der Waals surface area contributed by atoms with Gasteiger partial charge in [0.2, 0.25) is 12.3 Å². The molecule has 1 aromatic heterocycles. The van der Waals surface area contributed by atoms with E-state index in [-0.39, 0.29) is 6.04 Å². The Morgan fingerprint density at radius 1 is 1.45 bits per heavy atom. The van der Waals surface area contributed by atoms with Crippen LogP contribution in [0.15, 0.2) is 88.4 Å². The molecule has 0 spiro atoms.